The summed E-state index contributed by atoms with van der Waals surface area (Å²) >= 11 is 0.861. The van der Waals surface area contributed by atoms with Crippen molar-refractivity contribution in [2.24, 2.45) is 0 Å². The Kier molecular flexibility index (Phi) is 178. The second kappa shape index (κ2) is 68.3. The molecule has 0 unspecified atom stereocenters. The predicted octanol–water partition coefficient (Wildman–Crippen LogP) is -0.364. The summed E-state index contributed by atoms with van der Waals surface area (Å²) in [7, 11) is 0. The molecular weight excluding hydrogens is 453 g/mol. The van der Waals surface area contributed by atoms with Crippen molar-refractivity contribution in [2.75, 3.05) is 0 Å². The van der Waals surface area contributed by atoms with Crippen LogP contribution >= 0.6 is 0 Å². The first kappa shape index (κ1) is 15.7. The molecule has 0 heterocycles. The van der Waals surface area contributed by atoms with Crippen molar-refractivity contribution in [3.63, 3.8) is 0 Å². The van der Waals surface area contributed by atoms with Crippen molar-refractivity contribution in [3.05, 3.63) is 0 Å². The topological polar surface area (TPSA) is 51.2 Å². The zero-order chi connectivity index (χ0) is 6.00. The van der Waals surface area contributed by atoms with Crippen LogP contribution in [0.25, 0.3) is 0 Å². The van der Waals surface area contributed by atoms with Crippen LogP contribution in [0, 0.1) is 0 Å². The number of hydrogen-bond acceptors (Lipinski definition) is 3. The molecule has 0 aromatic heterocycles. The van der Waals surface area contributed by atoms with Gasteiger partial charge in [0.05, 0.1) is 0 Å². The van der Waals surface area contributed by atoms with Crippen molar-refractivity contribution in [1.29, 1.82) is 0 Å². The summed E-state index contributed by atoms with van der Waals surface area (Å²) in [4.78, 5) is 0. The van der Waals surface area contributed by atoms with Crippen molar-refractivity contribution in [1.82, 2.24) is 0 Å². The third kappa shape index (κ3) is 40.1. The first-order valence-electron chi connectivity index (χ1n) is 0.612. The van der Waals surface area contributed by atoms with Gasteiger partial charge in [0.25, 0.3) is 0 Å². The summed E-state index contributed by atoms with van der Waals surface area (Å²) in [5, 5.41) is 0. The zero-order valence-electron chi connectivity index (χ0n) is 2.72. The molecule has 0 spiro atoms. The molecule has 0 fully saturated rings. The first-order chi connectivity index (χ1) is 3.00. The van der Waals surface area contributed by atoms with Crippen molar-refractivity contribution >= 4 is 0 Å². The fourth-order valence-corrected chi connectivity index (χ4v) is 0. The van der Waals surface area contributed by atoms with E-state index in [1.54, 1.807) is 0 Å². The van der Waals surface area contributed by atoms with Crippen LogP contribution in [0.3, 0.4) is 0 Å². The van der Waals surface area contributed by atoms with Crippen LogP contribution < -0.4 is 0 Å². The maximum atomic E-state index is 8.39. The summed E-state index contributed by atoms with van der Waals surface area (Å²) in [6, 6.07) is 0. The van der Waals surface area contributed by atoms with Gasteiger partial charge in [-0.25, -0.2) is 0 Å². The van der Waals surface area contributed by atoms with E-state index in [9.17, 15) is 0 Å². The van der Waals surface area contributed by atoms with E-state index in [2.05, 4.69) is 0 Å². The van der Waals surface area contributed by atoms with Gasteiger partial charge in [-0.3, -0.25) is 0 Å². The third-order valence-electron chi connectivity index (χ3n) is 0. The van der Waals surface area contributed by atoms with Gasteiger partial charge in [-0.1, -0.05) is 0 Å². The van der Waals surface area contributed by atoms with E-state index in [0.717, 1.165) is 20.4 Å². The van der Waals surface area contributed by atoms with E-state index in [1.807, 2.05) is 0 Å². The zero-order valence-corrected chi connectivity index (χ0v) is 11.5. The second-order valence-corrected chi connectivity index (χ2v) is 0. The molecule has 6 heavy (non-hydrogen) atoms. The number of hydrogen-bond donors (Lipinski definition) is 0. The Hall–Kier alpha value is 1.85. The van der Waals surface area contributed by atoms with Crippen LogP contribution in [0.15, 0.2) is 0 Å². The van der Waals surface area contributed by atoms with Crippen molar-refractivity contribution < 1.29 is 78.2 Å². The third-order valence-corrected chi connectivity index (χ3v) is 0. The Morgan fingerprint density at radius 2 is 0.833 bits per heavy atom. The molecule has 0 aliphatic rings. The standard InChI is InChI=1S/2Hf.3O.Ti. The molecule has 0 amide bonds. The van der Waals surface area contributed by atoms with Crippen LogP contribution in [0.2, 0.25) is 0 Å². The molecule has 3 nitrogen and oxygen atoms in total. The van der Waals surface area contributed by atoms with Gasteiger partial charge in [0.1, 0.15) is 0 Å². The summed E-state index contributed by atoms with van der Waals surface area (Å²) in [5.41, 5.74) is 0. The Bertz CT molecular complexity index is 13.5. The SMILES string of the molecule is [O]=[Hf].[O]=[Hf].[O]=[Ti]. The predicted molar refractivity (Wildman–Crippen MR) is 2.06 cm³/mol. The first-order valence-corrected chi connectivity index (χ1v) is 4.18. The molecule has 0 bridgehead atoms. The summed E-state index contributed by atoms with van der Waals surface area (Å²) in [6.45, 7) is 0. The van der Waals surface area contributed by atoms with Gasteiger partial charge in [0.2, 0.25) is 0 Å². The monoisotopic (exact) mass is 456 g/mol. The van der Waals surface area contributed by atoms with Gasteiger partial charge in [-0.15, -0.1) is 0 Å². The quantitative estimate of drug-likeness (QED) is 0.472. The van der Waals surface area contributed by atoms with E-state index in [-0.39, 0.29) is 48.8 Å². The van der Waals surface area contributed by atoms with E-state index in [1.165, 1.54) is 0 Å². The fraction of sp³-hybridized carbons (Fsp3) is 0. The Morgan fingerprint density at radius 1 is 0.833 bits per heavy atom. The molecule has 0 N–H and O–H groups in total. The molecule has 6 heteroatoms. The second-order valence-electron chi connectivity index (χ2n) is 0. The molecule has 0 aliphatic heterocycles. The van der Waals surface area contributed by atoms with Gasteiger partial charge in [-0.2, -0.15) is 0 Å². The van der Waals surface area contributed by atoms with Crippen LogP contribution in [-0.4, -0.2) is 0 Å². The van der Waals surface area contributed by atoms with Crippen LogP contribution in [0.5, 0.6) is 0 Å². The minimum absolute atomic E-state index is 0.0556. The Morgan fingerprint density at radius 3 is 0.833 bits per heavy atom. The number of rotatable bonds is 0. The van der Waals surface area contributed by atoms with Crippen LogP contribution in [-0.2, 0) is 78.2 Å². The summed E-state index contributed by atoms with van der Waals surface area (Å²) in [6.07, 6.45) is 0. The molecule has 0 aliphatic carbocycles. The maximum absolute atomic E-state index is 8.39. The average molecular weight is 453 g/mol. The Labute approximate surface area is 77.0 Å². The Balaban J connectivity index is -0.0000000225. The summed E-state index contributed by atoms with van der Waals surface area (Å²) in [5.74, 6) is 0. The van der Waals surface area contributed by atoms with E-state index in [4.69, 9.17) is 9.03 Å². The fourth-order valence-electron chi connectivity index (χ4n) is 0. The summed E-state index contributed by atoms with van der Waals surface area (Å²) < 4.78 is 25.0. The molecule has 0 saturated heterocycles. The molecule has 0 aromatic rings. The van der Waals surface area contributed by atoms with Gasteiger partial charge in [-0.05, 0) is 0 Å². The normalized spacial score (nSPS) is 1.50. The molecule has 0 rings (SSSR count). The average Bonchev–Trinajstić information content (AvgIpc) is 1.81. The van der Waals surface area contributed by atoms with Crippen molar-refractivity contribution in [3.8, 4) is 0 Å². The van der Waals surface area contributed by atoms with Crippen LogP contribution in [0.1, 0.15) is 0 Å². The van der Waals surface area contributed by atoms with Gasteiger partial charge < -0.3 is 0 Å². The molecule has 0 atom stereocenters. The molecule has 0 aromatic carbocycles. The van der Waals surface area contributed by atoms with E-state index >= 15 is 0 Å². The van der Waals surface area contributed by atoms with Crippen LogP contribution in [0.4, 0.5) is 0 Å². The molecular formula is Hf2O3Ti. The van der Waals surface area contributed by atoms with Crippen molar-refractivity contribution in [2.45, 2.75) is 0 Å². The van der Waals surface area contributed by atoms with Gasteiger partial charge in [0, 0.05) is 0 Å². The molecule has 0 saturated carbocycles. The van der Waals surface area contributed by atoms with E-state index < -0.39 is 0 Å². The molecule has 0 radical (unpaired) electrons. The van der Waals surface area contributed by atoms with Gasteiger partial charge in [0.15, 0.2) is 0 Å². The molecule has 30 valence electrons. The minimum atomic E-state index is 0.0556. The van der Waals surface area contributed by atoms with Gasteiger partial charge >= 0.3 is 78.2 Å². The van der Waals surface area contributed by atoms with E-state index in [0.29, 0.717) is 0 Å².